The highest BCUT2D eigenvalue weighted by Crippen LogP contribution is 2.18. The third-order valence-corrected chi connectivity index (χ3v) is 2.60. The monoisotopic (exact) mass is 263 g/mol. The van der Waals surface area contributed by atoms with Gasteiger partial charge in [0, 0.05) is 0 Å². The van der Waals surface area contributed by atoms with Gasteiger partial charge in [0.15, 0.2) is 0 Å². The maximum absolute atomic E-state index is 13.1. The average molecular weight is 263 g/mol. The van der Waals surface area contributed by atoms with Crippen LogP contribution in [0.5, 0.6) is 0 Å². The first-order valence-corrected chi connectivity index (χ1v) is 5.57. The van der Waals surface area contributed by atoms with E-state index in [4.69, 9.17) is 5.11 Å². The molecule has 0 aliphatic rings. The van der Waals surface area contributed by atoms with Crippen molar-refractivity contribution in [2.45, 2.75) is 6.54 Å². The van der Waals surface area contributed by atoms with Crippen LogP contribution in [-0.2, 0) is 6.54 Å². The molecule has 2 rings (SSSR count). The van der Waals surface area contributed by atoms with Crippen LogP contribution in [0, 0.1) is 11.6 Å². The number of nitrogens with zero attached hydrogens (tertiary/aromatic N) is 1. The summed E-state index contributed by atoms with van der Waals surface area (Å²) in [6.07, 6.45) is -1.20. The van der Waals surface area contributed by atoms with Crippen LogP contribution in [0.15, 0.2) is 48.5 Å². The highest BCUT2D eigenvalue weighted by atomic mass is 19.1. The number of benzene rings is 2. The molecule has 1 amide bonds. The van der Waals surface area contributed by atoms with Gasteiger partial charge in [0.2, 0.25) is 0 Å². The zero-order valence-electron chi connectivity index (χ0n) is 9.88. The van der Waals surface area contributed by atoms with E-state index in [-0.39, 0.29) is 12.2 Å². The van der Waals surface area contributed by atoms with Crippen molar-refractivity contribution in [1.82, 2.24) is 0 Å². The van der Waals surface area contributed by atoms with Gasteiger partial charge in [-0.15, -0.1) is 0 Å². The molecule has 0 aliphatic carbocycles. The van der Waals surface area contributed by atoms with Gasteiger partial charge in [0.25, 0.3) is 0 Å². The number of hydrogen-bond acceptors (Lipinski definition) is 1. The first-order valence-electron chi connectivity index (χ1n) is 5.57. The summed E-state index contributed by atoms with van der Waals surface area (Å²) in [6, 6.07) is 10.8. The maximum Gasteiger partial charge on any atom is 0.412 e. The Labute approximate surface area is 108 Å². The van der Waals surface area contributed by atoms with Crippen LogP contribution in [0.1, 0.15) is 5.56 Å². The van der Waals surface area contributed by atoms with Crippen LogP contribution in [0.25, 0.3) is 0 Å². The quantitative estimate of drug-likeness (QED) is 0.918. The second kappa shape index (κ2) is 5.48. The SMILES string of the molecule is O=C(O)N(Cc1ccc(F)cc1)c1cccc(F)c1. The summed E-state index contributed by atoms with van der Waals surface area (Å²) in [7, 11) is 0. The third kappa shape index (κ3) is 3.28. The van der Waals surface area contributed by atoms with E-state index in [1.165, 1.54) is 42.5 Å². The lowest BCUT2D eigenvalue weighted by Gasteiger charge is -2.19. The Morgan fingerprint density at radius 1 is 1.05 bits per heavy atom. The van der Waals surface area contributed by atoms with E-state index in [0.717, 1.165) is 11.0 Å². The van der Waals surface area contributed by atoms with Gasteiger partial charge in [-0.1, -0.05) is 18.2 Å². The summed E-state index contributed by atoms with van der Waals surface area (Å²) in [5, 5.41) is 9.16. The summed E-state index contributed by atoms with van der Waals surface area (Å²) in [5.41, 5.74) is 0.852. The molecule has 0 radical (unpaired) electrons. The Bertz CT molecular complexity index is 584. The van der Waals surface area contributed by atoms with Crippen molar-refractivity contribution in [2.24, 2.45) is 0 Å². The van der Waals surface area contributed by atoms with Gasteiger partial charge in [0.05, 0.1) is 12.2 Å². The van der Waals surface area contributed by atoms with Crippen molar-refractivity contribution in [3.63, 3.8) is 0 Å². The lowest BCUT2D eigenvalue weighted by atomic mass is 10.2. The molecule has 0 bridgehead atoms. The van der Waals surface area contributed by atoms with Crippen LogP contribution < -0.4 is 4.90 Å². The zero-order chi connectivity index (χ0) is 13.8. The minimum Gasteiger partial charge on any atom is -0.465 e. The van der Waals surface area contributed by atoms with E-state index in [9.17, 15) is 13.6 Å². The van der Waals surface area contributed by atoms with Crippen LogP contribution >= 0.6 is 0 Å². The van der Waals surface area contributed by atoms with Crippen LogP contribution in [0.2, 0.25) is 0 Å². The van der Waals surface area contributed by atoms with Crippen LogP contribution in [0.3, 0.4) is 0 Å². The standard InChI is InChI=1S/C14H11F2NO2/c15-11-6-4-10(5-7-11)9-17(14(18)19)13-3-1-2-12(16)8-13/h1-8H,9H2,(H,18,19). The molecule has 0 saturated heterocycles. The number of anilines is 1. The van der Waals surface area contributed by atoms with Gasteiger partial charge < -0.3 is 5.11 Å². The van der Waals surface area contributed by atoms with Crippen molar-refractivity contribution < 1.29 is 18.7 Å². The molecule has 0 heterocycles. The van der Waals surface area contributed by atoms with E-state index in [0.29, 0.717) is 5.56 Å². The van der Waals surface area contributed by atoms with E-state index in [1.807, 2.05) is 0 Å². The minimum absolute atomic E-state index is 0.0269. The van der Waals surface area contributed by atoms with Gasteiger partial charge >= 0.3 is 6.09 Å². The molecule has 1 N–H and O–H groups in total. The minimum atomic E-state index is -1.20. The molecule has 2 aromatic carbocycles. The summed E-state index contributed by atoms with van der Waals surface area (Å²) in [6.45, 7) is 0.0269. The molecule has 2 aromatic rings. The Morgan fingerprint density at radius 2 is 1.74 bits per heavy atom. The molecule has 19 heavy (non-hydrogen) atoms. The van der Waals surface area contributed by atoms with E-state index >= 15 is 0 Å². The van der Waals surface area contributed by atoms with Gasteiger partial charge in [-0.05, 0) is 35.9 Å². The normalized spacial score (nSPS) is 10.2. The molecule has 0 saturated carbocycles. The molecule has 0 unspecified atom stereocenters. The fourth-order valence-electron chi connectivity index (χ4n) is 1.69. The molecule has 0 atom stereocenters. The first-order chi connectivity index (χ1) is 9.06. The Kier molecular flexibility index (Phi) is 3.75. The molecule has 0 spiro atoms. The molecule has 98 valence electrons. The van der Waals surface area contributed by atoms with Gasteiger partial charge in [-0.2, -0.15) is 0 Å². The van der Waals surface area contributed by atoms with Crippen LogP contribution in [0.4, 0.5) is 19.3 Å². The first kappa shape index (κ1) is 13.0. The smallest absolute Gasteiger partial charge is 0.412 e. The number of carbonyl (C=O) groups is 1. The van der Waals surface area contributed by atoms with Crippen LogP contribution in [-0.4, -0.2) is 11.2 Å². The summed E-state index contributed by atoms with van der Waals surface area (Å²) in [5.74, 6) is -0.903. The number of amides is 1. The molecule has 0 fully saturated rings. The molecular weight excluding hydrogens is 252 g/mol. The molecule has 0 aliphatic heterocycles. The van der Waals surface area contributed by atoms with Crippen molar-refractivity contribution in [3.05, 3.63) is 65.7 Å². The van der Waals surface area contributed by atoms with Crippen molar-refractivity contribution in [3.8, 4) is 0 Å². The largest absolute Gasteiger partial charge is 0.465 e. The second-order valence-corrected chi connectivity index (χ2v) is 3.98. The van der Waals surface area contributed by atoms with Gasteiger partial charge in [-0.25, -0.2) is 13.6 Å². The lowest BCUT2D eigenvalue weighted by molar-refractivity contribution is 0.201. The Morgan fingerprint density at radius 3 is 2.32 bits per heavy atom. The van der Waals surface area contributed by atoms with E-state index in [1.54, 1.807) is 0 Å². The lowest BCUT2D eigenvalue weighted by Crippen LogP contribution is -2.28. The van der Waals surface area contributed by atoms with Crippen molar-refractivity contribution >= 4 is 11.8 Å². The maximum atomic E-state index is 13.1. The highest BCUT2D eigenvalue weighted by Gasteiger charge is 2.15. The average Bonchev–Trinajstić information content (AvgIpc) is 2.37. The number of hydrogen-bond donors (Lipinski definition) is 1. The highest BCUT2D eigenvalue weighted by molar-refractivity contribution is 5.85. The molecule has 5 heteroatoms. The van der Waals surface area contributed by atoms with Crippen molar-refractivity contribution in [2.75, 3.05) is 4.90 Å². The van der Waals surface area contributed by atoms with Gasteiger partial charge in [0.1, 0.15) is 11.6 Å². The Hall–Kier alpha value is -2.43. The van der Waals surface area contributed by atoms with E-state index < -0.39 is 17.7 Å². The summed E-state index contributed by atoms with van der Waals surface area (Å²) >= 11 is 0. The molecule has 3 nitrogen and oxygen atoms in total. The molecular formula is C14H11F2NO2. The topological polar surface area (TPSA) is 40.5 Å². The van der Waals surface area contributed by atoms with Gasteiger partial charge in [-0.3, -0.25) is 4.90 Å². The third-order valence-electron chi connectivity index (χ3n) is 2.60. The number of halogens is 2. The fraction of sp³-hybridized carbons (Fsp3) is 0.0714. The van der Waals surface area contributed by atoms with Crippen molar-refractivity contribution in [1.29, 1.82) is 0 Å². The zero-order valence-corrected chi connectivity index (χ0v) is 9.88. The predicted octanol–water partition coefficient (Wildman–Crippen LogP) is 3.65. The van der Waals surface area contributed by atoms with E-state index in [2.05, 4.69) is 0 Å². The second-order valence-electron chi connectivity index (χ2n) is 3.98. The molecule has 0 aromatic heterocycles. The number of rotatable bonds is 3. The summed E-state index contributed by atoms with van der Waals surface area (Å²) in [4.78, 5) is 12.2. The number of carboxylic acid groups (broad SMARTS) is 1. The Balaban J connectivity index is 2.26. The summed E-state index contributed by atoms with van der Waals surface area (Å²) < 4.78 is 25.9. The fourth-order valence-corrected chi connectivity index (χ4v) is 1.69. The predicted molar refractivity (Wildman–Crippen MR) is 67.0 cm³/mol.